The highest BCUT2D eigenvalue weighted by atomic mass is 16.6. The minimum Gasteiger partial charge on any atom is -0.444 e. The van der Waals surface area contributed by atoms with Crippen LogP contribution in [0.3, 0.4) is 0 Å². The van der Waals surface area contributed by atoms with Crippen LogP contribution < -0.4 is 0 Å². The first kappa shape index (κ1) is 17.8. The number of ether oxygens (including phenoxy) is 2. The fraction of sp³-hybridized carbons (Fsp3) is 0.611. The van der Waals surface area contributed by atoms with Crippen LogP contribution in [0.5, 0.6) is 0 Å². The van der Waals surface area contributed by atoms with Crippen molar-refractivity contribution in [3.63, 3.8) is 0 Å². The third-order valence-electron chi connectivity index (χ3n) is 3.65. The van der Waals surface area contributed by atoms with Gasteiger partial charge < -0.3 is 19.5 Å². The Kier molecular flexibility index (Phi) is 5.65. The fourth-order valence-corrected chi connectivity index (χ4v) is 2.66. The van der Waals surface area contributed by atoms with Gasteiger partial charge in [-0.25, -0.2) is 4.79 Å². The van der Waals surface area contributed by atoms with E-state index in [1.807, 2.05) is 58.0 Å². The quantitative estimate of drug-likeness (QED) is 0.930. The maximum Gasteiger partial charge on any atom is 0.410 e. The molecule has 1 aromatic rings. The lowest BCUT2D eigenvalue weighted by Crippen LogP contribution is -2.54. The monoisotopic (exact) mass is 321 g/mol. The first-order valence-electron chi connectivity index (χ1n) is 8.10. The van der Waals surface area contributed by atoms with Crippen molar-refractivity contribution in [2.45, 2.75) is 58.0 Å². The summed E-state index contributed by atoms with van der Waals surface area (Å²) in [4.78, 5) is 13.9. The number of hydrogen-bond acceptors (Lipinski definition) is 4. The van der Waals surface area contributed by atoms with Crippen molar-refractivity contribution in [3.05, 3.63) is 35.9 Å². The number of amides is 1. The smallest absolute Gasteiger partial charge is 0.410 e. The van der Waals surface area contributed by atoms with E-state index in [4.69, 9.17) is 9.47 Å². The Labute approximate surface area is 138 Å². The molecule has 0 saturated carbocycles. The second kappa shape index (κ2) is 7.32. The van der Waals surface area contributed by atoms with Gasteiger partial charge >= 0.3 is 6.09 Å². The molecule has 0 spiro atoms. The summed E-state index contributed by atoms with van der Waals surface area (Å²) in [5.41, 5.74) is 0.516. The number of benzene rings is 1. The molecule has 1 saturated heterocycles. The zero-order chi connectivity index (χ0) is 17.0. The number of aliphatic hydroxyl groups is 1. The lowest BCUT2D eigenvalue weighted by Gasteiger charge is -2.39. The largest absolute Gasteiger partial charge is 0.444 e. The van der Waals surface area contributed by atoms with Crippen molar-refractivity contribution >= 4 is 6.09 Å². The van der Waals surface area contributed by atoms with Crippen LogP contribution in [0, 0.1) is 0 Å². The van der Waals surface area contributed by atoms with Gasteiger partial charge in [-0.05, 0) is 33.3 Å². The molecule has 0 aromatic heterocycles. The summed E-state index contributed by atoms with van der Waals surface area (Å²) < 4.78 is 11.3. The molecule has 1 aromatic carbocycles. The Morgan fingerprint density at radius 1 is 1.35 bits per heavy atom. The van der Waals surface area contributed by atoms with Crippen LogP contribution >= 0.6 is 0 Å². The standard InChI is InChI=1S/C18H27NO4/c1-13-11-19(17(21)23-18(2,3)4)12-16(22-13)15(20)10-14-8-6-5-7-9-14/h5-9,13,15-16,20H,10-12H2,1-4H3/t13-,15-,16-/m1/s1. The summed E-state index contributed by atoms with van der Waals surface area (Å²) in [5, 5.41) is 10.5. The van der Waals surface area contributed by atoms with E-state index in [2.05, 4.69) is 0 Å². The van der Waals surface area contributed by atoms with E-state index in [1.54, 1.807) is 4.90 Å². The molecule has 1 heterocycles. The van der Waals surface area contributed by atoms with E-state index in [0.29, 0.717) is 19.5 Å². The molecule has 0 aliphatic carbocycles. The van der Waals surface area contributed by atoms with E-state index in [1.165, 1.54) is 0 Å². The van der Waals surface area contributed by atoms with Crippen LogP contribution in [-0.4, -0.2) is 53.1 Å². The first-order chi connectivity index (χ1) is 10.7. The molecule has 1 N–H and O–H groups in total. The summed E-state index contributed by atoms with van der Waals surface area (Å²) in [5.74, 6) is 0. The van der Waals surface area contributed by atoms with Gasteiger partial charge in [0.1, 0.15) is 11.7 Å². The second-order valence-corrected chi connectivity index (χ2v) is 7.13. The lowest BCUT2D eigenvalue weighted by molar-refractivity contribution is -0.122. The summed E-state index contributed by atoms with van der Waals surface area (Å²) in [6, 6.07) is 9.78. The maximum absolute atomic E-state index is 12.3. The van der Waals surface area contributed by atoms with Gasteiger partial charge in [0, 0.05) is 6.42 Å². The molecular formula is C18H27NO4. The Bertz CT molecular complexity index is 512. The number of rotatable bonds is 3. The molecule has 23 heavy (non-hydrogen) atoms. The summed E-state index contributed by atoms with van der Waals surface area (Å²) in [6.45, 7) is 8.25. The van der Waals surface area contributed by atoms with Crippen molar-refractivity contribution in [2.24, 2.45) is 0 Å². The van der Waals surface area contributed by atoms with Crippen LogP contribution in [-0.2, 0) is 15.9 Å². The van der Waals surface area contributed by atoms with Crippen LogP contribution in [0.15, 0.2) is 30.3 Å². The molecule has 128 valence electrons. The predicted molar refractivity (Wildman–Crippen MR) is 88.3 cm³/mol. The van der Waals surface area contributed by atoms with E-state index >= 15 is 0 Å². The third-order valence-corrected chi connectivity index (χ3v) is 3.65. The molecule has 3 atom stereocenters. The Morgan fingerprint density at radius 2 is 2.00 bits per heavy atom. The minimum atomic E-state index is -0.662. The Morgan fingerprint density at radius 3 is 2.61 bits per heavy atom. The normalized spacial score (nSPS) is 23.4. The maximum atomic E-state index is 12.3. The van der Waals surface area contributed by atoms with Crippen LogP contribution in [0.4, 0.5) is 4.79 Å². The number of aliphatic hydroxyl groups excluding tert-OH is 1. The van der Waals surface area contributed by atoms with E-state index < -0.39 is 17.8 Å². The van der Waals surface area contributed by atoms with E-state index in [9.17, 15) is 9.90 Å². The molecule has 0 bridgehead atoms. The third kappa shape index (κ3) is 5.52. The molecule has 1 fully saturated rings. The van der Waals surface area contributed by atoms with Gasteiger partial charge in [0.05, 0.1) is 25.3 Å². The topological polar surface area (TPSA) is 59.0 Å². The Hall–Kier alpha value is -1.59. The predicted octanol–water partition coefficient (Wildman–Crippen LogP) is 2.61. The average Bonchev–Trinajstić information content (AvgIpc) is 2.46. The summed E-state index contributed by atoms with van der Waals surface area (Å²) in [6.07, 6.45) is -1.06. The number of morpholine rings is 1. The van der Waals surface area contributed by atoms with Gasteiger partial charge in [0.25, 0.3) is 0 Å². The van der Waals surface area contributed by atoms with Crippen molar-refractivity contribution in [1.82, 2.24) is 4.90 Å². The van der Waals surface area contributed by atoms with E-state index in [0.717, 1.165) is 5.56 Å². The summed E-state index contributed by atoms with van der Waals surface area (Å²) in [7, 11) is 0. The number of carbonyl (C=O) groups is 1. The van der Waals surface area contributed by atoms with Crippen molar-refractivity contribution < 1.29 is 19.4 Å². The number of hydrogen-bond donors (Lipinski definition) is 1. The van der Waals surface area contributed by atoms with Crippen LogP contribution in [0.1, 0.15) is 33.3 Å². The van der Waals surface area contributed by atoms with Crippen LogP contribution in [0.25, 0.3) is 0 Å². The molecular weight excluding hydrogens is 294 g/mol. The van der Waals surface area contributed by atoms with Gasteiger partial charge in [0.15, 0.2) is 0 Å². The SMILES string of the molecule is C[C@@H]1CN(C(=O)OC(C)(C)C)C[C@H]([C@H](O)Cc2ccccc2)O1. The van der Waals surface area contributed by atoms with Gasteiger partial charge in [-0.1, -0.05) is 30.3 Å². The lowest BCUT2D eigenvalue weighted by atomic mass is 10.0. The molecule has 1 amide bonds. The highest BCUT2D eigenvalue weighted by molar-refractivity contribution is 5.68. The van der Waals surface area contributed by atoms with Crippen LogP contribution in [0.2, 0.25) is 0 Å². The summed E-state index contributed by atoms with van der Waals surface area (Å²) >= 11 is 0. The van der Waals surface area contributed by atoms with Crippen molar-refractivity contribution in [2.75, 3.05) is 13.1 Å². The Balaban J connectivity index is 1.98. The number of carbonyl (C=O) groups excluding carboxylic acids is 1. The van der Waals surface area contributed by atoms with Gasteiger partial charge in [-0.2, -0.15) is 0 Å². The van der Waals surface area contributed by atoms with Crippen molar-refractivity contribution in [3.8, 4) is 0 Å². The first-order valence-corrected chi connectivity index (χ1v) is 8.10. The highest BCUT2D eigenvalue weighted by Gasteiger charge is 2.34. The molecule has 1 aliphatic rings. The molecule has 2 rings (SSSR count). The zero-order valence-corrected chi connectivity index (χ0v) is 14.4. The molecule has 1 aliphatic heterocycles. The van der Waals surface area contributed by atoms with Gasteiger partial charge in [0.2, 0.25) is 0 Å². The molecule has 5 heteroatoms. The number of nitrogens with zero attached hydrogens (tertiary/aromatic N) is 1. The highest BCUT2D eigenvalue weighted by Crippen LogP contribution is 2.19. The van der Waals surface area contributed by atoms with E-state index in [-0.39, 0.29) is 12.2 Å². The van der Waals surface area contributed by atoms with Crippen molar-refractivity contribution in [1.29, 1.82) is 0 Å². The minimum absolute atomic E-state index is 0.133. The fourth-order valence-electron chi connectivity index (χ4n) is 2.66. The second-order valence-electron chi connectivity index (χ2n) is 7.13. The molecule has 0 radical (unpaired) electrons. The van der Waals surface area contributed by atoms with Gasteiger partial charge in [-0.3, -0.25) is 0 Å². The van der Waals surface area contributed by atoms with Gasteiger partial charge in [-0.15, -0.1) is 0 Å². The average molecular weight is 321 g/mol. The molecule has 0 unspecified atom stereocenters. The zero-order valence-electron chi connectivity index (χ0n) is 14.4. The molecule has 5 nitrogen and oxygen atoms in total.